The van der Waals surface area contributed by atoms with Gasteiger partial charge in [0, 0.05) is 25.4 Å². The van der Waals surface area contributed by atoms with E-state index >= 15 is 0 Å². The fourth-order valence-corrected chi connectivity index (χ4v) is 3.29. The molecule has 0 saturated heterocycles. The Bertz CT molecular complexity index is 755. The molecule has 0 radical (unpaired) electrons. The molecule has 0 spiro atoms. The molecule has 3 rings (SSSR count). The Hall–Kier alpha value is -2.21. The van der Waals surface area contributed by atoms with Crippen LogP contribution in [0.15, 0.2) is 24.3 Å². The lowest BCUT2D eigenvalue weighted by molar-refractivity contribution is 0.0626. The van der Waals surface area contributed by atoms with E-state index in [2.05, 4.69) is 5.10 Å². The third-order valence-corrected chi connectivity index (χ3v) is 4.84. The fourth-order valence-electron chi connectivity index (χ4n) is 3.29. The lowest BCUT2D eigenvalue weighted by Crippen LogP contribution is -2.38. The van der Waals surface area contributed by atoms with E-state index in [1.165, 1.54) is 12.1 Å². The molecule has 1 aliphatic rings. The van der Waals surface area contributed by atoms with Gasteiger partial charge < -0.3 is 9.64 Å². The quantitative estimate of drug-likeness (QED) is 0.837. The summed E-state index contributed by atoms with van der Waals surface area (Å²) in [6.07, 6.45) is 3.86. The van der Waals surface area contributed by atoms with Crippen molar-refractivity contribution in [1.82, 2.24) is 14.7 Å². The van der Waals surface area contributed by atoms with E-state index in [9.17, 15) is 9.18 Å². The summed E-state index contributed by atoms with van der Waals surface area (Å²) in [5, 5.41) is 4.62. The third-order valence-electron chi connectivity index (χ3n) is 4.84. The number of benzene rings is 1. The second-order valence-corrected chi connectivity index (χ2v) is 6.59. The van der Waals surface area contributed by atoms with Crippen LogP contribution in [-0.2, 0) is 17.6 Å². The molecular weight excluding hydrogens is 321 g/mol. The minimum atomic E-state index is -0.283. The molecule has 6 heteroatoms. The van der Waals surface area contributed by atoms with Crippen LogP contribution in [0, 0.1) is 5.82 Å². The van der Waals surface area contributed by atoms with E-state index in [1.54, 1.807) is 35.9 Å². The van der Waals surface area contributed by atoms with Gasteiger partial charge in [0.2, 0.25) is 0 Å². The number of rotatable bonds is 5. The van der Waals surface area contributed by atoms with Gasteiger partial charge in [-0.05, 0) is 56.9 Å². The number of methoxy groups -OCH3 is 1. The van der Waals surface area contributed by atoms with Crippen LogP contribution in [-0.4, -0.2) is 47.4 Å². The zero-order chi connectivity index (χ0) is 18.0. The van der Waals surface area contributed by atoms with Crippen molar-refractivity contribution in [3.63, 3.8) is 0 Å². The summed E-state index contributed by atoms with van der Waals surface area (Å²) in [7, 11) is 3.40. The van der Waals surface area contributed by atoms with Crippen LogP contribution in [0.5, 0.6) is 0 Å². The van der Waals surface area contributed by atoms with Crippen LogP contribution in [0.4, 0.5) is 4.39 Å². The van der Waals surface area contributed by atoms with Gasteiger partial charge in [-0.2, -0.15) is 5.10 Å². The molecule has 2 aromatic rings. The maximum absolute atomic E-state index is 13.2. The lowest BCUT2D eigenvalue weighted by atomic mass is 9.95. The molecule has 0 N–H and O–H groups in total. The molecule has 1 unspecified atom stereocenters. The highest BCUT2D eigenvalue weighted by molar-refractivity contribution is 5.94. The first-order valence-corrected chi connectivity index (χ1v) is 8.65. The maximum atomic E-state index is 13.2. The van der Waals surface area contributed by atoms with Crippen molar-refractivity contribution in [1.29, 1.82) is 0 Å². The Morgan fingerprint density at radius 2 is 2.00 bits per heavy atom. The Morgan fingerprint density at radius 1 is 1.32 bits per heavy atom. The highest BCUT2D eigenvalue weighted by atomic mass is 19.1. The maximum Gasteiger partial charge on any atom is 0.274 e. The van der Waals surface area contributed by atoms with Gasteiger partial charge in [0.15, 0.2) is 5.69 Å². The SMILES string of the molecule is COCC(C)N(C)C(=O)c1nn(-c2ccc(F)cc2)c2c1CCCC2. The predicted molar refractivity (Wildman–Crippen MR) is 93.6 cm³/mol. The summed E-state index contributed by atoms with van der Waals surface area (Å²) in [6.45, 7) is 2.42. The number of carbonyl (C=O) groups excluding carboxylic acids is 1. The average Bonchev–Trinajstić information content (AvgIpc) is 3.01. The summed E-state index contributed by atoms with van der Waals surface area (Å²) in [4.78, 5) is 14.6. The van der Waals surface area contributed by atoms with E-state index in [0.717, 1.165) is 42.6 Å². The van der Waals surface area contributed by atoms with Crippen LogP contribution >= 0.6 is 0 Å². The molecule has 0 aliphatic heterocycles. The number of aromatic nitrogens is 2. The Balaban J connectivity index is 2.00. The average molecular weight is 345 g/mol. The highest BCUT2D eigenvalue weighted by Gasteiger charge is 2.28. The molecule has 5 nitrogen and oxygen atoms in total. The van der Waals surface area contributed by atoms with Crippen molar-refractivity contribution in [2.75, 3.05) is 20.8 Å². The molecule has 25 heavy (non-hydrogen) atoms. The number of amides is 1. The van der Waals surface area contributed by atoms with E-state index in [0.29, 0.717) is 12.3 Å². The van der Waals surface area contributed by atoms with Gasteiger partial charge >= 0.3 is 0 Å². The van der Waals surface area contributed by atoms with E-state index in [4.69, 9.17) is 4.74 Å². The predicted octanol–water partition coefficient (Wildman–Crippen LogP) is 3.00. The first-order valence-electron chi connectivity index (χ1n) is 8.65. The molecule has 0 bridgehead atoms. The Morgan fingerprint density at radius 3 is 2.68 bits per heavy atom. The van der Waals surface area contributed by atoms with Gasteiger partial charge in [-0.3, -0.25) is 4.79 Å². The van der Waals surface area contributed by atoms with Gasteiger partial charge in [0.05, 0.1) is 18.3 Å². The monoisotopic (exact) mass is 345 g/mol. The van der Waals surface area contributed by atoms with Gasteiger partial charge in [0.1, 0.15) is 5.82 Å². The molecule has 1 atom stereocenters. The minimum absolute atomic E-state index is 0.0345. The molecule has 1 aliphatic carbocycles. The Kier molecular flexibility index (Phi) is 5.18. The second kappa shape index (κ2) is 7.35. The molecule has 1 amide bonds. The fraction of sp³-hybridized carbons (Fsp3) is 0.474. The molecule has 0 saturated carbocycles. The normalized spacial score (nSPS) is 14.9. The molecule has 134 valence electrons. The number of ether oxygens (including phenoxy) is 1. The van der Waals surface area contributed by atoms with E-state index in [1.807, 2.05) is 6.92 Å². The highest BCUT2D eigenvalue weighted by Crippen LogP contribution is 2.28. The standard InChI is InChI=1S/C19H24FN3O2/c1-13(12-25-3)22(2)19(24)18-16-6-4-5-7-17(16)23(21-18)15-10-8-14(20)9-11-15/h8-11,13H,4-7,12H2,1-3H3. The summed E-state index contributed by atoms with van der Waals surface area (Å²) in [5.41, 5.74) is 3.38. The first-order chi connectivity index (χ1) is 12.0. The zero-order valence-corrected chi connectivity index (χ0v) is 15.0. The van der Waals surface area contributed by atoms with Crippen molar-refractivity contribution in [3.8, 4) is 5.69 Å². The van der Waals surface area contributed by atoms with Crippen LogP contribution in [0.3, 0.4) is 0 Å². The Labute approximate surface area is 147 Å². The van der Waals surface area contributed by atoms with Crippen molar-refractivity contribution in [2.24, 2.45) is 0 Å². The van der Waals surface area contributed by atoms with E-state index in [-0.39, 0.29) is 17.8 Å². The molecule has 0 fully saturated rings. The van der Waals surface area contributed by atoms with Crippen LogP contribution in [0.2, 0.25) is 0 Å². The van der Waals surface area contributed by atoms with Gasteiger partial charge in [-0.1, -0.05) is 0 Å². The summed E-state index contributed by atoms with van der Waals surface area (Å²) >= 11 is 0. The van der Waals surface area contributed by atoms with Crippen molar-refractivity contribution in [2.45, 2.75) is 38.6 Å². The van der Waals surface area contributed by atoms with Crippen LogP contribution in [0.25, 0.3) is 5.69 Å². The number of likely N-dealkylation sites (N-methyl/N-ethyl adjacent to an activating group) is 1. The van der Waals surface area contributed by atoms with Gasteiger partial charge in [-0.25, -0.2) is 9.07 Å². The number of nitrogens with zero attached hydrogens (tertiary/aromatic N) is 3. The number of hydrogen-bond acceptors (Lipinski definition) is 3. The summed E-state index contributed by atoms with van der Waals surface area (Å²) < 4.78 is 20.2. The smallest absolute Gasteiger partial charge is 0.274 e. The second-order valence-electron chi connectivity index (χ2n) is 6.59. The van der Waals surface area contributed by atoms with Gasteiger partial charge in [0.25, 0.3) is 5.91 Å². The number of fused-ring (bicyclic) bond motifs is 1. The summed E-state index contributed by atoms with van der Waals surface area (Å²) in [6, 6.07) is 6.19. The number of hydrogen-bond donors (Lipinski definition) is 0. The molecule has 1 aromatic carbocycles. The molecular formula is C19H24FN3O2. The van der Waals surface area contributed by atoms with Crippen molar-refractivity contribution < 1.29 is 13.9 Å². The topological polar surface area (TPSA) is 47.4 Å². The van der Waals surface area contributed by atoms with Crippen molar-refractivity contribution >= 4 is 5.91 Å². The van der Waals surface area contributed by atoms with Crippen LogP contribution in [0.1, 0.15) is 41.5 Å². The van der Waals surface area contributed by atoms with Crippen molar-refractivity contribution in [3.05, 3.63) is 47.0 Å². The van der Waals surface area contributed by atoms with E-state index < -0.39 is 0 Å². The minimum Gasteiger partial charge on any atom is -0.383 e. The lowest BCUT2D eigenvalue weighted by Gasteiger charge is -2.24. The zero-order valence-electron chi connectivity index (χ0n) is 15.0. The first kappa shape index (κ1) is 17.6. The third kappa shape index (κ3) is 3.44. The largest absolute Gasteiger partial charge is 0.383 e. The van der Waals surface area contributed by atoms with Crippen LogP contribution < -0.4 is 0 Å². The number of halogens is 1. The molecule has 1 aromatic heterocycles. The number of carbonyl (C=O) groups is 1. The molecule has 1 heterocycles. The summed E-state index contributed by atoms with van der Waals surface area (Å²) in [5.74, 6) is -0.377. The van der Waals surface area contributed by atoms with Gasteiger partial charge in [-0.15, -0.1) is 0 Å².